The number of nitrogens with one attached hydrogen (secondary N) is 1. The molecule has 1 atom stereocenters. The second-order valence-corrected chi connectivity index (χ2v) is 5.35. The van der Waals surface area contributed by atoms with Gasteiger partial charge in [0.05, 0.1) is 6.04 Å². The zero-order valence-corrected chi connectivity index (χ0v) is 12.6. The average Bonchev–Trinajstić information content (AvgIpc) is 2.46. The predicted molar refractivity (Wildman–Crippen MR) is 84.4 cm³/mol. The summed E-state index contributed by atoms with van der Waals surface area (Å²) in [7, 11) is 0. The smallest absolute Gasteiger partial charge is 0.220 e. The van der Waals surface area contributed by atoms with E-state index in [1.807, 2.05) is 43.3 Å². The maximum Gasteiger partial charge on any atom is 0.220 e. The molecule has 21 heavy (non-hydrogen) atoms. The van der Waals surface area contributed by atoms with Gasteiger partial charge in [0.2, 0.25) is 5.91 Å². The minimum absolute atomic E-state index is 0.0642. The molecular formula is C17H18ClNO2. The molecule has 2 aromatic carbocycles. The van der Waals surface area contributed by atoms with Crippen LogP contribution in [0.5, 0.6) is 5.75 Å². The quantitative estimate of drug-likeness (QED) is 0.881. The predicted octanol–water partition coefficient (Wildman–Crippen LogP) is 3.86. The molecular weight excluding hydrogens is 286 g/mol. The summed E-state index contributed by atoms with van der Waals surface area (Å²) >= 11 is 6.11. The van der Waals surface area contributed by atoms with Crippen molar-refractivity contribution in [2.24, 2.45) is 0 Å². The molecule has 0 heterocycles. The van der Waals surface area contributed by atoms with Crippen LogP contribution in [0.3, 0.4) is 0 Å². The van der Waals surface area contributed by atoms with Gasteiger partial charge in [0, 0.05) is 11.4 Å². The van der Waals surface area contributed by atoms with E-state index < -0.39 is 0 Å². The summed E-state index contributed by atoms with van der Waals surface area (Å²) < 4.78 is 0. The fourth-order valence-corrected chi connectivity index (χ4v) is 2.49. The number of phenolic OH excluding ortho intramolecular Hbond substituents is 1. The van der Waals surface area contributed by atoms with Crippen molar-refractivity contribution in [2.45, 2.75) is 25.8 Å². The van der Waals surface area contributed by atoms with E-state index >= 15 is 0 Å². The molecule has 4 heteroatoms. The van der Waals surface area contributed by atoms with E-state index in [1.165, 1.54) is 0 Å². The number of para-hydroxylation sites is 1. The van der Waals surface area contributed by atoms with Gasteiger partial charge in [0.1, 0.15) is 5.75 Å². The zero-order valence-electron chi connectivity index (χ0n) is 11.8. The number of carbonyl (C=O) groups is 1. The van der Waals surface area contributed by atoms with Gasteiger partial charge >= 0.3 is 0 Å². The maximum absolute atomic E-state index is 12.0. The first kappa shape index (κ1) is 15.4. The summed E-state index contributed by atoms with van der Waals surface area (Å²) in [6, 6.07) is 14.4. The Balaban J connectivity index is 1.90. The molecule has 0 spiro atoms. The van der Waals surface area contributed by atoms with Gasteiger partial charge in [-0.15, -0.1) is 0 Å². The van der Waals surface area contributed by atoms with Gasteiger partial charge in [-0.1, -0.05) is 48.0 Å². The largest absolute Gasteiger partial charge is 0.508 e. The molecule has 0 fully saturated rings. The Morgan fingerprint density at radius 2 is 1.86 bits per heavy atom. The fourth-order valence-electron chi connectivity index (χ4n) is 2.19. The molecule has 2 aromatic rings. The van der Waals surface area contributed by atoms with Crippen LogP contribution in [0, 0.1) is 0 Å². The summed E-state index contributed by atoms with van der Waals surface area (Å²) in [4.78, 5) is 12.0. The zero-order chi connectivity index (χ0) is 15.2. The van der Waals surface area contributed by atoms with Gasteiger partial charge in [-0.3, -0.25) is 4.79 Å². The van der Waals surface area contributed by atoms with E-state index in [9.17, 15) is 9.90 Å². The van der Waals surface area contributed by atoms with Crippen molar-refractivity contribution < 1.29 is 9.90 Å². The van der Waals surface area contributed by atoms with E-state index in [-0.39, 0.29) is 17.7 Å². The number of carbonyl (C=O) groups excluding carboxylic acids is 1. The van der Waals surface area contributed by atoms with Crippen molar-refractivity contribution in [3.8, 4) is 5.75 Å². The first-order valence-corrected chi connectivity index (χ1v) is 7.26. The standard InChI is InChI=1S/C17H18ClNO2/c1-12(14-7-3-4-8-15(14)18)19-17(21)11-10-13-6-2-5-9-16(13)20/h2-9,12,20H,10-11H2,1H3,(H,19,21). The van der Waals surface area contributed by atoms with Crippen LogP contribution in [0.2, 0.25) is 5.02 Å². The number of halogens is 1. The normalized spacial score (nSPS) is 11.9. The highest BCUT2D eigenvalue weighted by Gasteiger charge is 2.12. The van der Waals surface area contributed by atoms with Crippen LogP contribution in [0.25, 0.3) is 0 Å². The van der Waals surface area contributed by atoms with Crippen LogP contribution >= 0.6 is 11.6 Å². The van der Waals surface area contributed by atoms with Gasteiger partial charge in [-0.25, -0.2) is 0 Å². The third-order valence-corrected chi connectivity index (χ3v) is 3.71. The van der Waals surface area contributed by atoms with Crippen LogP contribution in [-0.4, -0.2) is 11.0 Å². The third kappa shape index (κ3) is 4.23. The highest BCUT2D eigenvalue weighted by Crippen LogP contribution is 2.22. The fraction of sp³-hybridized carbons (Fsp3) is 0.235. The monoisotopic (exact) mass is 303 g/mol. The van der Waals surface area contributed by atoms with Crippen molar-refractivity contribution in [3.63, 3.8) is 0 Å². The first-order chi connectivity index (χ1) is 10.1. The van der Waals surface area contributed by atoms with Gasteiger partial charge in [-0.2, -0.15) is 0 Å². The van der Waals surface area contributed by atoms with E-state index in [0.717, 1.165) is 11.1 Å². The third-order valence-electron chi connectivity index (χ3n) is 3.36. The number of rotatable bonds is 5. The second-order valence-electron chi connectivity index (χ2n) is 4.94. The van der Waals surface area contributed by atoms with Crippen LogP contribution in [0.15, 0.2) is 48.5 Å². The number of aromatic hydroxyl groups is 1. The Hall–Kier alpha value is -2.00. The highest BCUT2D eigenvalue weighted by atomic mass is 35.5. The average molecular weight is 304 g/mol. The molecule has 3 nitrogen and oxygen atoms in total. The van der Waals surface area contributed by atoms with Crippen molar-refractivity contribution in [1.82, 2.24) is 5.32 Å². The highest BCUT2D eigenvalue weighted by molar-refractivity contribution is 6.31. The SMILES string of the molecule is CC(NC(=O)CCc1ccccc1O)c1ccccc1Cl. The Bertz CT molecular complexity index is 628. The van der Waals surface area contributed by atoms with E-state index in [1.54, 1.807) is 12.1 Å². The summed E-state index contributed by atoms with van der Waals surface area (Å²) in [6.45, 7) is 1.90. The lowest BCUT2D eigenvalue weighted by atomic mass is 10.1. The Kier molecular flexibility index (Phi) is 5.23. The van der Waals surface area contributed by atoms with Gasteiger partial charge in [-0.05, 0) is 36.6 Å². The molecule has 0 saturated carbocycles. The molecule has 0 aliphatic carbocycles. The van der Waals surface area contributed by atoms with Gasteiger partial charge in [0.15, 0.2) is 0 Å². The topological polar surface area (TPSA) is 49.3 Å². The molecule has 0 radical (unpaired) electrons. The Labute approximate surface area is 129 Å². The Morgan fingerprint density at radius 1 is 1.19 bits per heavy atom. The summed E-state index contributed by atoms with van der Waals surface area (Å²) in [5.41, 5.74) is 1.67. The maximum atomic E-state index is 12.0. The van der Waals surface area contributed by atoms with Crippen molar-refractivity contribution in [3.05, 3.63) is 64.7 Å². The molecule has 0 bridgehead atoms. The minimum atomic E-state index is -0.143. The van der Waals surface area contributed by atoms with E-state index in [2.05, 4.69) is 5.32 Å². The first-order valence-electron chi connectivity index (χ1n) is 6.88. The number of phenols is 1. The number of hydrogen-bond donors (Lipinski definition) is 2. The molecule has 0 aromatic heterocycles. The molecule has 2 rings (SSSR count). The van der Waals surface area contributed by atoms with Crippen LogP contribution in [0.4, 0.5) is 0 Å². The summed E-state index contributed by atoms with van der Waals surface area (Å²) in [5, 5.41) is 13.2. The van der Waals surface area contributed by atoms with Crippen LogP contribution < -0.4 is 5.32 Å². The summed E-state index contributed by atoms with van der Waals surface area (Å²) in [6.07, 6.45) is 0.833. The number of benzene rings is 2. The molecule has 110 valence electrons. The summed E-state index contributed by atoms with van der Waals surface area (Å²) in [5.74, 6) is 0.162. The van der Waals surface area contributed by atoms with E-state index in [0.29, 0.717) is 17.9 Å². The molecule has 1 amide bonds. The van der Waals surface area contributed by atoms with Crippen molar-refractivity contribution >= 4 is 17.5 Å². The van der Waals surface area contributed by atoms with E-state index in [4.69, 9.17) is 11.6 Å². The molecule has 0 aliphatic heterocycles. The van der Waals surface area contributed by atoms with Crippen LogP contribution in [-0.2, 0) is 11.2 Å². The molecule has 0 aliphatic rings. The number of aryl methyl sites for hydroxylation is 1. The minimum Gasteiger partial charge on any atom is -0.508 e. The van der Waals surface area contributed by atoms with Crippen molar-refractivity contribution in [1.29, 1.82) is 0 Å². The number of hydrogen-bond acceptors (Lipinski definition) is 2. The lowest BCUT2D eigenvalue weighted by Crippen LogP contribution is -2.27. The van der Waals surface area contributed by atoms with Gasteiger partial charge in [0.25, 0.3) is 0 Å². The lowest BCUT2D eigenvalue weighted by Gasteiger charge is -2.15. The Morgan fingerprint density at radius 3 is 2.57 bits per heavy atom. The molecule has 2 N–H and O–H groups in total. The van der Waals surface area contributed by atoms with Crippen LogP contribution in [0.1, 0.15) is 30.5 Å². The second kappa shape index (κ2) is 7.14. The molecule has 1 unspecified atom stereocenters. The van der Waals surface area contributed by atoms with Crippen molar-refractivity contribution in [2.75, 3.05) is 0 Å². The number of amides is 1. The molecule has 0 saturated heterocycles. The van der Waals surface area contributed by atoms with Gasteiger partial charge < -0.3 is 10.4 Å². The lowest BCUT2D eigenvalue weighted by molar-refractivity contribution is -0.121.